The summed E-state index contributed by atoms with van der Waals surface area (Å²) in [6.07, 6.45) is 3.29. The van der Waals surface area contributed by atoms with E-state index in [1.54, 1.807) is 0 Å². The molecule has 3 aromatic rings. The summed E-state index contributed by atoms with van der Waals surface area (Å²) >= 11 is 0. The van der Waals surface area contributed by atoms with Crippen LogP contribution in [-0.4, -0.2) is 53.6 Å². The van der Waals surface area contributed by atoms with Crippen LogP contribution in [-0.2, 0) is 19.5 Å². The van der Waals surface area contributed by atoms with Crippen molar-refractivity contribution in [2.45, 2.75) is 32.4 Å². The number of para-hydroxylation sites is 1. The minimum absolute atomic E-state index is 0.655. The van der Waals surface area contributed by atoms with E-state index in [1.807, 2.05) is 6.07 Å². The molecule has 0 aliphatic carbocycles. The zero-order valence-corrected chi connectivity index (χ0v) is 17.8. The molecule has 2 aromatic heterocycles. The third-order valence-electron chi connectivity index (χ3n) is 6.15. The highest BCUT2D eigenvalue weighted by atomic mass is 15.3. The number of hydrogen-bond donors (Lipinski definition) is 1. The van der Waals surface area contributed by atoms with Gasteiger partial charge in [-0.3, -0.25) is 4.90 Å². The number of anilines is 3. The smallest absolute Gasteiger partial charge is 0.227 e. The van der Waals surface area contributed by atoms with E-state index in [1.165, 1.54) is 23.8 Å². The molecule has 7 heteroatoms. The molecule has 7 nitrogen and oxygen atoms in total. The van der Waals surface area contributed by atoms with Crippen molar-refractivity contribution in [2.75, 3.05) is 49.3 Å². The summed E-state index contributed by atoms with van der Waals surface area (Å²) in [5.41, 5.74) is 10.8. The maximum atomic E-state index is 6.32. The molecule has 1 saturated heterocycles. The van der Waals surface area contributed by atoms with Gasteiger partial charge in [0.15, 0.2) is 0 Å². The quantitative estimate of drug-likeness (QED) is 0.718. The average molecular weight is 404 g/mol. The van der Waals surface area contributed by atoms with Gasteiger partial charge in [-0.1, -0.05) is 18.2 Å². The molecule has 0 spiro atoms. The van der Waals surface area contributed by atoms with E-state index in [0.29, 0.717) is 5.82 Å². The molecule has 2 N–H and O–H groups in total. The molecule has 0 unspecified atom stereocenters. The van der Waals surface area contributed by atoms with E-state index < -0.39 is 0 Å². The Kier molecular flexibility index (Phi) is 4.90. The van der Waals surface area contributed by atoms with Gasteiger partial charge in [0.1, 0.15) is 11.6 Å². The van der Waals surface area contributed by atoms with Gasteiger partial charge in [-0.15, -0.1) is 0 Å². The van der Waals surface area contributed by atoms with Crippen LogP contribution >= 0.6 is 0 Å². The van der Waals surface area contributed by atoms with Gasteiger partial charge in [0, 0.05) is 63.3 Å². The molecule has 5 rings (SSSR count). The summed E-state index contributed by atoms with van der Waals surface area (Å²) < 4.78 is 0. The van der Waals surface area contributed by atoms with E-state index in [9.17, 15) is 0 Å². The molecule has 0 saturated carbocycles. The number of rotatable bonds is 4. The van der Waals surface area contributed by atoms with Crippen molar-refractivity contribution >= 4 is 28.5 Å². The van der Waals surface area contributed by atoms with Gasteiger partial charge in [-0.2, -0.15) is 4.98 Å². The summed E-state index contributed by atoms with van der Waals surface area (Å²) in [5, 5.41) is 1.18. The molecular formula is C23H29N7. The van der Waals surface area contributed by atoms with Crippen molar-refractivity contribution in [3.05, 3.63) is 47.2 Å². The summed E-state index contributed by atoms with van der Waals surface area (Å²) in [5.74, 6) is 2.48. The lowest BCUT2D eigenvalue weighted by atomic mass is 10.0. The van der Waals surface area contributed by atoms with Crippen LogP contribution in [0.15, 0.2) is 30.3 Å². The van der Waals surface area contributed by atoms with Gasteiger partial charge in [-0.05, 0) is 31.4 Å². The molecule has 2 aliphatic heterocycles. The van der Waals surface area contributed by atoms with E-state index in [0.717, 1.165) is 67.7 Å². The fourth-order valence-corrected chi connectivity index (χ4v) is 4.59. The maximum absolute atomic E-state index is 6.32. The van der Waals surface area contributed by atoms with Gasteiger partial charge in [-0.25, -0.2) is 9.97 Å². The summed E-state index contributed by atoms with van der Waals surface area (Å²) in [7, 11) is 4.12. The maximum Gasteiger partial charge on any atom is 0.227 e. The van der Waals surface area contributed by atoms with Gasteiger partial charge in [0.05, 0.1) is 11.2 Å². The highest BCUT2D eigenvalue weighted by Crippen LogP contribution is 2.29. The van der Waals surface area contributed by atoms with Crippen LogP contribution in [0.25, 0.3) is 10.9 Å². The molecule has 1 fully saturated rings. The average Bonchev–Trinajstić information content (AvgIpc) is 3.28. The normalized spacial score (nSPS) is 16.8. The molecule has 156 valence electrons. The van der Waals surface area contributed by atoms with Crippen LogP contribution in [0.3, 0.4) is 0 Å². The first-order chi connectivity index (χ1) is 14.6. The number of nitrogens with two attached hydrogens (primary N) is 1. The lowest BCUT2D eigenvalue weighted by molar-refractivity contribution is 0.241. The van der Waals surface area contributed by atoms with Crippen molar-refractivity contribution in [2.24, 2.45) is 0 Å². The van der Waals surface area contributed by atoms with E-state index >= 15 is 0 Å². The minimum Gasteiger partial charge on any atom is -0.383 e. The zero-order valence-electron chi connectivity index (χ0n) is 17.8. The first-order valence-corrected chi connectivity index (χ1v) is 10.8. The summed E-state index contributed by atoms with van der Waals surface area (Å²) in [6, 6.07) is 10.6. The number of aromatic nitrogens is 3. The van der Waals surface area contributed by atoms with E-state index in [-0.39, 0.29) is 0 Å². The molecule has 0 atom stereocenters. The molecule has 0 radical (unpaired) electrons. The Morgan fingerprint density at radius 3 is 2.63 bits per heavy atom. The minimum atomic E-state index is 0.655. The van der Waals surface area contributed by atoms with E-state index in [2.05, 4.69) is 58.0 Å². The van der Waals surface area contributed by atoms with Crippen molar-refractivity contribution in [3.63, 3.8) is 0 Å². The third kappa shape index (κ3) is 3.54. The number of fused-ring (bicyclic) bond motifs is 2. The van der Waals surface area contributed by atoms with Crippen LogP contribution in [0.5, 0.6) is 0 Å². The molecule has 2 aliphatic rings. The van der Waals surface area contributed by atoms with Crippen LogP contribution in [0.4, 0.5) is 17.6 Å². The SMILES string of the molecule is CN(C)c1nc2ccccc2cc1CN1CCc2c(N)nc(N3CCCC3)nc2C1. The Hall–Kier alpha value is -2.93. The molecule has 1 aromatic carbocycles. The Bertz CT molecular complexity index is 1070. The van der Waals surface area contributed by atoms with Gasteiger partial charge >= 0.3 is 0 Å². The topological polar surface area (TPSA) is 74.4 Å². The Balaban J connectivity index is 1.43. The number of nitrogens with zero attached hydrogens (tertiary/aromatic N) is 6. The number of pyridine rings is 1. The Morgan fingerprint density at radius 2 is 1.83 bits per heavy atom. The van der Waals surface area contributed by atoms with Crippen LogP contribution in [0.2, 0.25) is 0 Å². The van der Waals surface area contributed by atoms with Crippen molar-refractivity contribution in [1.29, 1.82) is 0 Å². The van der Waals surface area contributed by atoms with Gasteiger partial charge in [0.2, 0.25) is 5.95 Å². The molecular weight excluding hydrogens is 374 g/mol. The first kappa shape index (κ1) is 19.1. The second-order valence-corrected chi connectivity index (χ2v) is 8.55. The monoisotopic (exact) mass is 403 g/mol. The lowest BCUT2D eigenvalue weighted by Gasteiger charge is -2.30. The summed E-state index contributed by atoms with van der Waals surface area (Å²) in [4.78, 5) is 21.2. The van der Waals surface area contributed by atoms with Crippen molar-refractivity contribution in [1.82, 2.24) is 19.9 Å². The van der Waals surface area contributed by atoms with Crippen molar-refractivity contribution in [3.8, 4) is 0 Å². The summed E-state index contributed by atoms with van der Waals surface area (Å²) in [6.45, 7) is 4.63. The number of hydrogen-bond acceptors (Lipinski definition) is 7. The van der Waals surface area contributed by atoms with E-state index in [4.69, 9.17) is 15.7 Å². The second-order valence-electron chi connectivity index (χ2n) is 8.55. The predicted molar refractivity (Wildman–Crippen MR) is 122 cm³/mol. The number of nitrogen functional groups attached to an aromatic ring is 1. The van der Waals surface area contributed by atoms with Crippen LogP contribution < -0.4 is 15.5 Å². The highest BCUT2D eigenvalue weighted by Gasteiger charge is 2.25. The predicted octanol–water partition coefficient (Wildman–Crippen LogP) is 2.83. The Labute approximate surface area is 177 Å². The fraction of sp³-hybridized carbons (Fsp3) is 0.435. The standard InChI is InChI=1S/C23H29N7/c1-28(2)22-17(13-16-7-3-4-8-19(16)25-22)14-29-12-9-18-20(15-29)26-23(27-21(18)24)30-10-5-6-11-30/h3-4,7-8,13H,5-6,9-12,14-15H2,1-2H3,(H2,24,26,27). The molecule has 30 heavy (non-hydrogen) atoms. The largest absolute Gasteiger partial charge is 0.383 e. The van der Waals surface area contributed by atoms with Crippen LogP contribution in [0, 0.1) is 0 Å². The van der Waals surface area contributed by atoms with Crippen LogP contribution in [0.1, 0.15) is 29.7 Å². The van der Waals surface area contributed by atoms with Crippen molar-refractivity contribution < 1.29 is 0 Å². The lowest BCUT2D eigenvalue weighted by Crippen LogP contribution is -2.33. The Morgan fingerprint density at radius 1 is 1.03 bits per heavy atom. The molecule has 4 heterocycles. The molecule has 0 bridgehead atoms. The third-order valence-corrected chi connectivity index (χ3v) is 6.15. The zero-order chi connectivity index (χ0) is 20.7. The van der Waals surface area contributed by atoms with Gasteiger partial charge in [0.25, 0.3) is 0 Å². The second kappa shape index (κ2) is 7.72. The highest BCUT2D eigenvalue weighted by molar-refractivity contribution is 5.81. The fourth-order valence-electron chi connectivity index (χ4n) is 4.59. The number of benzene rings is 1. The van der Waals surface area contributed by atoms with Gasteiger partial charge < -0.3 is 15.5 Å². The first-order valence-electron chi connectivity index (χ1n) is 10.8. The molecule has 0 amide bonds.